The number of aliphatic hydroxyl groups is 1. The number of amides is 1. The number of aliphatic hydroxyl groups excluding tert-OH is 1. The van der Waals surface area contributed by atoms with Crippen molar-refractivity contribution in [3.63, 3.8) is 0 Å². The molecule has 2 atom stereocenters. The maximum Gasteiger partial charge on any atom is 0.231 e. The standard InChI is InChI=1S/C21H29FN8O2/c22-16-4-9-29(13-16)21-27-20(23-5-3-8-28-6-1-2-7-28)26-18-15(12-24-30(18)21)10-14-11-17(31)25-19(14)32/h10,12,16,19,32H,1-9,11,13H2,(H,23,26)(H,25,31)/b14-10+. The molecule has 3 N–H and O–H groups in total. The van der Waals surface area contributed by atoms with Gasteiger partial charge in [-0.15, -0.1) is 0 Å². The van der Waals surface area contributed by atoms with E-state index in [1.807, 2.05) is 4.90 Å². The lowest BCUT2D eigenvalue weighted by molar-refractivity contribution is -0.120. The molecule has 0 aliphatic carbocycles. The SMILES string of the molecule is O=C1C/C(=C\c2cnn3c(N4CCC(F)C4)nc(NCCCN4CCCC4)nc23)C(O)N1. The summed E-state index contributed by atoms with van der Waals surface area (Å²) in [7, 11) is 0. The lowest BCUT2D eigenvalue weighted by Crippen LogP contribution is -2.26. The van der Waals surface area contributed by atoms with Crippen molar-refractivity contribution in [3.8, 4) is 0 Å². The third-order valence-corrected chi connectivity index (χ3v) is 6.28. The summed E-state index contributed by atoms with van der Waals surface area (Å²) < 4.78 is 15.5. The summed E-state index contributed by atoms with van der Waals surface area (Å²) in [5.74, 6) is 0.794. The molecule has 32 heavy (non-hydrogen) atoms. The Kier molecular flexibility index (Phi) is 5.92. The Balaban J connectivity index is 1.41. The van der Waals surface area contributed by atoms with Crippen LogP contribution in [0.2, 0.25) is 0 Å². The monoisotopic (exact) mass is 444 g/mol. The number of anilines is 2. The number of aromatic nitrogens is 4. The molecule has 0 aromatic carbocycles. The zero-order valence-electron chi connectivity index (χ0n) is 18.0. The van der Waals surface area contributed by atoms with Crippen molar-refractivity contribution in [2.45, 2.75) is 44.5 Å². The summed E-state index contributed by atoms with van der Waals surface area (Å²) >= 11 is 0. The average Bonchev–Trinajstić information content (AvgIpc) is 3.55. The van der Waals surface area contributed by atoms with Crippen LogP contribution < -0.4 is 15.5 Å². The molecule has 172 valence electrons. The molecule has 5 rings (SSSR count). The smallest absolute Gasteiger partial charge is 0.231 e. The summed E-state index contributed by atoms with van der Waals surface area (Å²) in [5.41, 5.74) is 1.80. The van der Waals surface area contributed by atoms with Gasteiger partial charge in [0.15, 0.2) is 5.65 Å². The highest BCUT2D eigenvalue weighted by molar-refractivity contribution is 5.85. The second kappa shape index (κ2) is 8.99. The Hall–Kier alpha value is -2.79. The average molecular weight is 445 g/mol. The Bertz CT molecular complexity index is 1020. The van der Waals surface area contributed by atoms with E-state index in [1.54, 1.807) is 16.8 Å². The first-order chi connectivity index (χ1) is 15.6. The van der Waals surface area contributed by atoms with E-state index in [-0.39, 0.29) is 18.9 Å². The van der Waals surface area contributed by atoms with E-state index in [2.05, 4.69) is 30.6 Å². The lowest BCUT2D eigenvalue weighted by Gasteiger charge is -2.18. The predicted molar refractivity (Wildman–Crippen MR) is 118 cm³/mol. The summed E-state index contributed by atoms with van der Waals surface area (Å²) in [4.78, 5) is 25.2. The largest absolute Gasteiger partial charge is 0.370 e. The zero-order chi connectivity index (χ0) is 22.1. The van der Waals surface area contributed by atoms with Crippen LogP contribution in [0.4, 0.5) is 16.3 Å². The predicted octanol–water partition coefficient (Wildman–Crippen LogP) is 0.792. The lowest BCUT2D eigenvalue weighted by atomic mass is 10.1. The minimum absolute atomic E-state index is 0.133. The molecule has 3 aliphatic heterocycles. The number of carbonyl (C=O) groups is 1. The minimum Gasteiger partial charge on any atom is -0.370 e. The number of nitrogens with one attached hydrogen (secondary N) is 2. The molecule has 0 bridgehead atoms. The van der Waals surface area contributed by atoms with Crippen LogP contribution in [0.1, 0.15) is 37.7 Å². The molecule has 2 aromatic rings. The van der Waals surface area contributed by atoms with Gasteiger partial charge in [-0.3, -0.25) is 4.79 Å². The first-order valence-electron chi connectivity index (χ1n) is 11.4. The quantitative estimate of drug-likeness (QED) is 0.538. The van der Waals surface area contributed by atoms with Crippen LogP contribution in [0.15, 0.2) is 11.8 Å². The molecule has 3 fully saturated rings. The van der Waals surface area contributed by atoms with Crippen LogP contribution in [0.5, 0.6) is 0 Å². The van der Waals surface area contributed by atoms with Crippen molar-refractivity contribution < 1.29 is 14.3 Å². The van der Waals surface area contributed by atoms with Gasteiger partial charge in [0.2, 0.25) is 17.8 Å². The number of hydrogen-bond acceptors (Lipinski definition) is 8. The topological polar surface area (TPSA) is 111 Å². The highest BCUT2D eigenvalue weighted by atomic mass is 19.1. The molecule has 10 nitrogen and oxygen atoms in total. The molecule has 3 saturated heterocycles. The van der Waals surface area contributed by atoms with Gasteiger partial charge in [0.1, 0.15) is 12.4 Å². The molecule has 0 spiro atoms. The number of alkyl halides is 1. The van der Waals surface area contributed by atoms with E-state index in [0.717, 1.165) is 19.5 Å². The van der Waals surface area contributed by atoms with Crippen LogP contribution in [-0.2, 0) is 4.79 Å². The molecule has 0 radical (unpaired) electrons. The van der Waals surface area contributed by atoms with Crippen molar-refractivity contribution in [2.24, 2.45) is 0 Å². The number of fused-ring (bicyclic) bond motifs is 1. The van der Waals surface area contributed by atoms with E-state index in [0.29, 0.717) is 41.6 Å². The van der Waals surface area contributed by atoms with E-state index in [1.165, 1.54) is 25.9 Å². The first kappa shape index (κ1) is 21.1. The fourth-order valence-electron chi connectivity index (χ4n) is 4.58. The molecule has 5 heterocycles. The first-order valence-corrected chi connectivity index (χ1v) is 11.4. The third kappa shape index (κ3) is 4.40. The zero-order valence-corrected chi connectivity index (χ0v) is 18.0. The Morgan fingerprint density at radius 3 is 2.84 bits per heavy atom. The minimum atomic E-state index is -1.01. The Morgan fingerprint density at radius 2 is 2.12 bits per heavy atom. The van der Waals surface area contributed by atoms with Crippen LogP contribution in [0.3, 0.4) is 0 Å². The number of rotatable bonds is 7. The molecular weight excluding hydrogens is 415 g/mol. The number of halogens is 1. The number of likely N-dealkylation sites (tertiary alicyclic amines) is 1. The van der Waals surface area contributed by atoms with Crippen LogP contribution in [0.25, 0.3) is 11.7 Å². The molecule has 2 aromatic heterocycles. The van der Waals surface area contributed by atoms with Gasteiger partial charge in [0, 0.05) is 18.7 Å². The summed E-state index contributed by atoms with van der Waals surface area (Å²) in [6.07, 6.45) is 5.60. The van der Waals surface area contributed by atoms with Crippen molar-refractivity contribution in [2.75, 3.05) is 49.5 Å². The van der Waals surface area contributed by atoms with Crippen LogP contribution in [0, 0.1) is 0 Å². The van der Waals surface area contributed by atoms with Gasteiger partial charge in [-0.1, -0.05) is 0 Å². The molecule has 1 amide bonds. The number of hydrogen-bond donors (Lipinski definition) is 3. The van der Waals surface area contributed by atoms with Gasteiger partial charge in [-0.2, -0.15) is 19.6 Å². The van der Waals surface area contributed by atoms with Gasteiger partial charge in [0.25, 0.3) is 0 Å². The van der Waals surface area contributed by atoms with Gasteiger partial charge in [-0.05, 0) is 57.0 Å². The van der Waals surface area contributed by atoms with Gasteiger partial charge >= 0.3 is 0 Å². The number of carbonyl (C=O) groups excluding carboxylic acids is 1. The van der Waals surface area contributed by atoms with Crippen molar-refractivity contribution in [3.05, 3.63) is 17.3 Å². The van der Waals surface area contributed by atoms with Crippen LogP contribution in [-0.4, -0.2) is 87.2 Å². The Morgan fingerprint density at radius 1 is 1.28 bits per heavy atom. The van der Waals surface area contributed by atoms with Crippen molar-refractivity contribution >= 4 is 29.5 Å². The normalized spacial score (nSPS) is 25.4. The molecule has 2 unspecified atom stereocenters. The van der Waals surface area contributed by atoms with E-state index < -0.39 is 12.4 Å². The maximum absolute atomic E-state index is 13.9. The van der Waals surface area contributed by atoms with Crippen molar-refractivity contribution in [1.82, 2.24) is 29.8 Å². The fourth-order valence-corrected chi connectivity index (χ4v) is 4.58. The fraction of sp³-hybridized carbons (Fsp3) is 0.619. The van der Waals surface area contributed by atoms with E-state index >= 15 is 0 Å². The van der Waals surface area contributed by atoms with Gasteiger partial charge in [0.05, 0.1) is 19.2 Å². The maximum atomic E-state index is 13.9. The second-order valence-electron chi connectivity index (χ2n) is 8.71. The molecular formula is C21H29FN8O2. The summed E-state index contributed by atoms with van der Waals surface area (Å²) in [6, 6.07) is 0. The third-order valence-electron chi connectivity index (χ3n) is 6.28. The van der Waals surface area contributed by atoms with Gasteiger partial charge < -0.3 is 25.5 Å². The highest BCUT2D eigenvalue weighted by Crippen LogP contribution is 2.26. The molecule has 0 saturated carbocycles. The molecule has 11 heteroatoms. The van der Waals surface area contributed by atoms with Crippen LogP contribution >= 0.6 is 0 Å². The van der Waals surface area contributed by atoms with Crippen molar-refractivity contribution in [1.29, 1.82) is 0 Å². The summed E-state index contributed by atoms with van der Waals surface area (Å²) in [6.45, 7) is 4.95. The second-order valence-corrected chi connectivity index (χ2v) is 8.71. The van der Waals surface area contributed by atoms with Gasteiger partial charge in [-0.25, -0.2) is 4.39 Å². The van der Waals surface area contributed by atoms with E-state index in [9.17, 15) is 14.3 Å². The summed E-state index contributed by atoms with van der Waals surface area (Å²) in [5, 5.41) is 20.3. The highest BCUT2D eigenvalue weighted by Gasteiger charge is 2.28. The number of nitrogens with zero attached hydrogens (tertiary/aromatic N) is 6. The van der Waals surface area contributed by atoms with E-state index in [4.69, 9.17) is 0 Å². The Labute approximate surface area is 185 Å². The molecule has 3 aliphatic rings.